The van der Waals surface area contributed by atoms with E-state index in [-0.39, 0.29) is 5.97 Å². The molecule has 0 unspecified atom stereocenters. The summed E-state index contributed by atoms with van der Waals surface area (Å²) in [5.41, 5.74) is 3.39. The van der Waals surface area contributed by atoms with Crippen molar-refractivity contribution in [1.29, 1.82) is 0 Å². The smallest absolute Gasteiger partial charge is 0.337 e. The number of rotatable bonds is 3. The van der Waals surface area contributed by atoms with Crippen LogP contribution < -0.4 is 5.32 Å². The van der Waals surface area contributed by atoms with E-state index in [2.05, 4.69) is 23.3 Å². The molecular weight excluding hydrogens is 276 g/mol. The molecule has 0 aliphatic rings. The number of esters is 1. The van der Waals surface area contributed by atoms with Gasteiger partial charge in [0.15, 0.2) is 0 Å². The number of carbonyl (C=O) groups is 1. The van der Waals surface area contributed by atoms with E-state index >= 15 is 0 Å². The summed E-state index contributed by atoms with van der Waals surface area (Å²) in [4.78, 5) is 16.2. The highest BCUT2D eigenvalue weighted by molar-refractivity contribution is 5.91. The first-order chi connectivity index (χ1) is 10.7. The molecule has 0 aliphatic heterocycles. The van der Waals surface area contributed by atoms with Crippen LogP contribution in [0.15, 0.2) is 54.6 Å². The van der Waals surface area contributed by atoms with E-state index in [9.17, 15) is 4.79 Å². The van der Waals surface area contributed by atoms with Gasteiger partial charge in [-0.3, -0.25) is 0 Å². The molecule has 0 radical (unpaired) electrons. The first-order valence-corrected chi connectivity index (χ1v) is 6.99. The van der Waals surface area contributed by atoms with Crippen molar-refractivity contribution < 1.29 is 9.53 Å². The fourth-order valence-corrected chi connectivity index (χ4v) is 2.40. The minimum absolute atomic E-state index is 0.355. The fourth-order valence-electron chi connectivity index (χ4n) is 2.40. The second-order valence-electron chi connectivity index (χ2n) is 5.04. The molecule has 1 N–H and O–H groups in total. The summed E-state index contributed by atoms with van der Waals surface area (Å²) < 4.78 is 4.74. The van der Waals surface area contributed by atoms with Crippen molar-refractivity contribution in [3.8, 4) is 0 Å². The first kappa shape index (κ1) is 14.1. The monoisotopic (exact) mass is 292 g/mol. The van der Waals surface area contributed by atoms with Gasteiger partial charge in [0, 0.05) is 11.1 Å². The van der Waals surface area contributed by atoms with Gasteiger partial charge in [-0.25, -0.2) is 9.78 Å². The maximum atomic E-state index is 11.6. The minimum Gasteiger partial charge on any atom is -0.465 e. The lowest BCUT2D eigenvalue weighted by Crippen LogP contribution is -2.02. The number of anilines is 2. The molecule has 0 atom stereocenters. The van der Waals surface area contributed by atoms with Crippen LogP contribution in [0.2, 0.25) is 0 Å². The van der Waals surface area contributed by atoms with Gasteiger partial charge in [-0.05, 0) is 42.8 Å². The summed E-state index contributed by atoms with van der Waals surface area (Å²) in [6, 6.07) is 17.2. The number of aryl methyl sites for hydroxylation is 1. The molecule has 0 amide bonds. The van der Waals surface area contributed by atoms with Crippen LogP contribution in [0.3, 0.4) is 0 Å². The number of fused-ring (bicyclic) bond motifs is 1. The molecule has 0 bridgehead atoms. The van der Waals surface area contributed by atoms with E-state index in [4.69, 9.17) is 4.74 Å². The molecule has 1 heterocycles. The zero-order valence-electron chi connectivity index (χ0n) is 12.5. The lowest BCUT2D eigenvalue weighted by Gasteiger charge is -2.10. The fraction of sp³-hybridized carbons (Fsp3) is 0.111. The third kappa shape index (κ3) is 2.76. The Morgan fingerprint density at radius 1 is 1.09 bits per heavy atom. The number of aromatic nitrogens is 1. The molecule has 0 saturated carbocycles. The van der Waals surface area contributed by atoms with Crippen molar-refractivity contribution in [1.82, 2.24) is 4.98 Å². The van der Waals surface area contributed by atoms with Gasteiger partial charge < -0.3 is 10.1 Å². The van der Waals surface area contributed by atoms with Crippen LogP contribution in [-0.2, 0) is 4.74 Å². The van der Waals surface area contributed by atoms with Crippen molar-refractivity contribution in [3.63, 3.8) is 0 Å². The number of para-hydroxylation sites is 1. The molecule has 3 aromatic rings. The molecule has 22 heavy (non-hydrogen) atoms. The van der Waals surface area contributed by atoms with Gasteiger partial charge in [0.25, 0.3) is 0 Å². The predicted molar refractivity (Wildman–Crippen MR) is 87.5 cm³/mol. The average Bonchev–Trinajstić information content (AvgIpc) is 2.54. The Balaban J connectivity index is 1.95. The molecule has 0 saturated heterocycles. The highest BCUT2D eigenvalue weighted by atomic mass is 16.5. The van der Waals surface area contributed by atoms with Gasteiger partial charge in [-0.1, -0.05) is 24.3 Å². The maximum absolute atomic E-state index is 11.6. The largest absolute Gasteiger partial charge is 0.465 e. The maximum Gasteiger partial charge on any atom is 0.337 e. The summed E-state index contributed by atoms with van der Waals surface area (Å²) in [5, 5.41) is 4.37. The van der Waals surface area contributed by atoms with Crippen LogP contribution in [-0.4, -0.2) is 18.1 Å². The molecule has 110 valence electrons. The van der Waals surface area contributed by atoms with E-state index in [1.165, 1.54) is 7.11 Å². The number of benzene rings is 2. The second kappa shape index (κ2) is 5.85. The van der Waals surface area contributed by atoms with Crippen LogP contribution in [0.5, 0.6) is 0 Å². The van der Waals surface area contributed by atoms with Crippen LogP contribution >= 0.6 is 0 Å². The molecule has 1 aromatic heterocycles. The van der Waals surface area contributed by atoms with Crippen molar-refractivity contribution in [2.45, 2.75) is 6.92 Å². The first-order valence-electron chi connectivity index (χ1n) is 6.99. The highest BCUT2D eigenvalue weighted by Crippen LogP contribution is 2.23. The van der Waals surface area contributed by atoms with Crippen LogP contribution in [0.25, 0.3) is 10.9 Å². The van der Waals surface area contributed by atoms with E-state index < -0.39 is 0 Å². The zero-order chi connectivity index (χ0) is 15.5. The number of methoxy groups -OCH3 is 1. The topological polar surface area (TPSA) is 51.2 Å². The highest BCUT2D eigenvalue weighted by Gasteiger charge is 2.07. The molecule has 0 fully saturated rings. The number of hydrogen-bond acceptors (Lipinski definition) is 4. The molecule has 0 aliphatic carbocycles. The number of hydrogen-bond donors (Lipinski definition) is 1. The van der Waals surface area contributed by atoms with Gasteiger partial charge in [-0.2, -0.15) is 0 Å². The van der Waals surface area contributed by atoms with Crippen LogP contribution in [0.4, 0.5) is 11.5 Å². The third-order valence-electron chi connectivity index (χ3n) is 3.48. The molecule has 0 spiro atoms. The molecular formula is C18H16N2O2. The van der Waals surface area contributed by atoms with Crippen molar-refractivity contribution in [2.24, 2.45) is 0 Å². The van der Waals surface area contributed by atoms with Crippen LogP contribution in [0, 0.1) is 6.92 Å². The quantitative estimate of drug-likeness (QED) is 0.739. The Hall–Kier alpha value is -2.88. The number of nitrogens with zero attached hydrogens (tertiary/aromatic N) is 1. The number of nitrogens with one attached hydrogen (secondary N) is 1. The van der Waals surface area contributed by atoms with Gasteiger partial charge in [0.2, 0.25) is 0 Å². The Kier molecular flexibility index (Phi) is 3.74. The van der Waals surface area contributed by atoms with E-state index in [0.29, 0.717) is 5.56 Å². The Morgan fingerprint density at radius 3 is 2.73 bits per heavy atom. The normalized spacial score (nSPS) is 10.5. The number of pyridine rings is 1. The lowest BCUT2D eigenvalue weighted by atomic mass is 10.1. The molecule has 2 aromatic carbocycles. The number of carbonyl (C=O) groups excluding carboxylic acids is 1. The molecule has 4 heteroatoms. The lowest BCUT2D eigenvalue weighted by molar-refractivity contribution is 0.0601. The number of ether oxygens (including phenoxy) is 1. The van der Waals surface area contributed by atoms with Crippen molar-refractivity contribution in [3.05, 3.63) is 65.7 Å². The molecule has 4 nitrogen and oxygen atoms in total. The van der Waals surface area contributed by atoms with Gasteiger partial charge in [0.1, 0.15) is 5.82 Å². The second-order valence-corrected chi connectivity index (χ2v) is 5.04. The predicted octanol–water partition coefficient (Wildman–Crippen LogP) is 4.07. The average molecular weight is 292 g/mol. The summed E-state index contributed by atoms with van der Waals surface area (Å²) in [6.45, 7) is 2.06. The minimum atomic E-state index is -0.355. The summed E-state index contributed by atoms with van der Waals surface area (Å²) >= 11 is 0. The van der Waals surface area contributed by atoms with E-state index in [0.717, 1.165) is 28.0 Å². The van der Waals surface area contributed by atoms with E-state index in [1.807, 2.05) is 36.4 Å². The van der Waals surface area contributed by atoms with Gasteiger partial charge in [0.05, 0.1) is 18.2 Å². The third-order valence-corrected chi connectivity index (χ3v) is 3.48. The van der Waals surface area contributed by atoms with E-state index in [1.54, 1.807) is 12.1 Å². The van der Waals surface area contributed by atoms with Gasteiger partial charge in [-0.15, -0.1) is 0 Å². The summed E-state index contributed by atoms with van der Waals surface area (Å²) in [7, 11) is 1.37. The van der Waals surface area contributed by atoms with Crippen molar-refractivity contribution >= 4 is 28.4 Å². The standard InChI is InChI=1S/C18H16N2O2/c1-12-10-17(20-16-9-4-3-8-15(12)16)19-14-7-5-6-13(11-14)18(21)22-2/h3-11H,1-2H3,(H,19,20). The van der Waals surface area contributed by atoms with Crippen LogP contribution in [0.1, 0.15) is 15.9 Å². The Bertz CT molecular complexity index is 843. The van der Waals surface area contributed by atoms with Gasteiger partial charge >= 0.3 is 5.97 Å². The zero-order valence-corrected chi connectivity index (χ0v) is 12.5. The van der Waals surface area contributed by atoms with Crippen molar-refractivity contribution in [2.75, 3.05) is 12.4 Å². The SMILES string of the molecule is COC(=O)c1cccc(Nc2cc(C)c3ccccc3n2)c1. The summed E-state index contributed by atoms with van der Waals surface area (Å²) in [6.07, 6.45) is 0. The molecule has 3 rings (SSSR count). The Labute approximate surface area is 128 Å². The summed E-state index contributed by atoms with van der Waals surface area (Å²) in [5.74, 6) is 0.393. The Morgan fingerprint density at radius 2 is 1.91 bits per heavy atom.